The summed E-state index contributed by atoms with van der Waals surface area (Å²) in [6.45, 7) is 2.34. The number of carbonyl (C=O) groups is 1. The number of aromatic nitrogens is 2. The van der Waals surface area contributed by atoms with Gasteiger partial charge in [0.1, 0.15) is 0 Å². The second kappa shape index (κ2) is 6.09. The number of hydrogen-bond donors (Lipinski definition) is 2. The van der Waals surface area contributed by atoms with Crippen LogP contribution in [0.25, 0.3) is 22.0 Å². The molecule has 1 amide bonds. The number of aliphatic hydroxyl groups is 1. The Kier molecular flexibility index (Phi) is 3.96. The topological polar surface area (TPSA) is 69.2 Å². The van der Waals surface area contributed by atoms with Crippen molar-refractivity contribution in [1.82, 2.24) is 15.1 Å². The van der Waals surface area contributed by atoms with Crippen molar-refractivity contribution in [3.63, 3.8) is 0 Å². The molecule has 1 saturated heterocycles. The molecule has 2 aromatic carbocycles. The Labute approximate surface area is 152 Å². The number of rotatable bonds is 2. The lowest BCUT2D eigenvalue weighted by Crippen LogP contribution is -2.53. The summed E-state index contributed by atoms with van der Waals surface area (Å²) in [6.07, 6.45) is -3.48. The van der Waals surface area contributed by atoms with E-state index < -0.39 is 17.8 Å². The maximum absolute atomic E-state index is 13.2. The highest BCUT2D eigenvalue weighted by Crippen LogP contribution is 2.37. The molecule has 0 saturated carbocycles. The number of alkyl halides is 3. The van der Waals surface area contributed by atoms with Crippen LogP contribution >= 0.6 is 0 Å². The third-order valence-corrected chi connectivity index (χ3v) is 4.80. The van der Waals surface area contributed by atoms with Gasteiger partial charge in [-0.05, 0) is 47.9 Å². The molecular weight excluding hydrogens is 359 g/mol. The predicted octanol–water partition coefficient (Wildman–Crippen LogP) is 3.37. The Balaban J connectivity index is 1.77. The van der Waals surface area contributed by atoms with Gasteiger partial charge in [-0.15, -0.1) is 0 Å². The quantitative estimate of drug-likeness (QED) is 0.722. The molecule has 27 heavy (non-hydrogen) atoms. The van der Waals surface area contributed by atoms with E-state index in [1.165, 1.54) is 11.1 Å². The zero-order valence-corrected chi connectivity index (χ0v) is 14.3. The van der Waals surface area contributed by atoms with Gasteiger partial charge < -0.3 is 10.0 Å². The van der Waals surface area contributed by atoms with E-state index in [-0.39, 0.29) is 5.91 Å². The maximum Gasteiger partial charge on any atom is 0.416 e. The van der Waals surface area contributed by atoms with Crippen LogP contribution in [0.4, 0.5) is 13.2 Å². The number of aromatic amines is 1. The summed E-state index contributed by atoms with van der Waals surface area (Å²) >= 11 is 0. The minimum Gasteiger partial charge on any atom is -0.389 e. The van der Waals surface area contributed by atoms with Crippen molar-refractivity contribution in [3.05, 3.63) is 53.2 Å². The summed E-state index contributed by atoms with van der Waals surface area (Å²) in [5, 5.41) is 16.4. The molecule has 1 fully saturated rings. The van der Waals surface area contributed by atoms with Gasteiger partial charge in [-0.3, -0.25) is 9.89 Å². The van der Waals surface area contributed by atoms with Crippen molar-refractivity contribution < 1.29 is 23.1 Å². The second-order valence-corrected chi connectivity index (χ2v) is 6.75. The largest absolute Gasteiger partial charge is 0.416 e. The van der Waals surface area contributed by atoms with Crippen LogP contribution in [0.15, 0.2) is 36.5 Å². The van der Waals surface area contributed by atoms with Crippen molar-refractivity contribution in [3.8, 4) is 11.1 Å². The number of β-amino-alcohol motifs (C(OH)–C–C–N with tert-alkyl or cyclic N) is 1. The van der Waals surface area contributed by atoms with E-state index in [2.05, 4.69) is 10.2 Å². The Morgan fingerprint density at radius 2 is 1.96 bits per heavy atom. The van der Waals surface area contributed by atoms with Gasteiger partial charge >= 0.3 is 6.18 Å². The minimum absolute atomic E-state index is 0.201. The van der Waals surface area contributed by atoms with Crippen LogP contribution in [0.3, 0.4) is 0 Å². The van der Waals surface area contributed by atoms with E-state index in [0.29, 0.717) is 46.2 Å². The third-order valence-electron chi connectivity index (χ3n) is 4.80. The smallest absolute Gasteiger partial charge is 0.389 e. The molecule has 8 heteroatoms. The van der Waals surface area contributed by atoms with Crippen LogP contribution in [0.5, 0.6) is 0 Å². The molecule has 5 nitrogen and oxygen atoms in total. The summed E-state index contributed by atoms with van der Waals surface area (Å²) in [5.41, 5.74) is 1.68. The van der Waals surface area contributed by atoms with E-state index in [4.69, 9.17) is 0 Å². The van der Waals surface area contributed by atoms with Gasteiger partial charge in [-0.25, -0.2) is 0 Å². The Morgan fingerprint density at radius 3 is 2.59 bits per heavy atom. The number of likely N-dealkylation sites (tertiary alicyclic amines) is 1. The number of benzene rings is 2. The SMILES string of the molecule is Cc1cc(C(=O)N2CC(O)C2)ccc1-c1cc(C(F)(F)F)cc2[nH]ncc12. The zero-order valence-electron chi connectivity index (χ0n) is 14.3. The number of nitrogens with one attached hydrogen (secondary N) is 1. The molecule has 0 spiro atoms. The van der Waals surface area contributed by atoms with Gasteiger partial charge in [0.15, 0.2) is 0 Å². The van der Waals surface area contributed by atoms with Crippen molar-refractivity contribution in [2.75, 3.05) is 13.1 Å². The maximum atomic E-state index is 13.2. The van der Waals surface area contributed by atoms with Crippen molar-refractivity contribution in [2.24, 2.45) is 0 Å². The van der Waals surface area contributed by atoms with Crippen LogP contribution in [0.1, 0.15) is 21.5 Å². The lowest BCUT2D eigenvalue weighted by atomic mass is 9.94. The van der Waals surface area contributed by atoms with Crippen molar-refractivity contribution in [2.45, 2.75) is 19.2 Å². The average Bonchev–Trinajstić information content (AvgIpc) is 3.05. The number of aryl methyl sites for hydroxylation is 1. The fourth-order valence-corrected chi connectivity index (χ4v) is 3.34. The van der Waals surface area contributed by atoms with Gasteiger partial charge in [0.25, 0.3) is 5.91 Å². The first-order chi connectivity index (χ1) is 12.7. The fourth-order valence-electron chi connectivity index (χ4n) is 3.34. The van der Waals surface area contributed by atoms with E-state index >= 15 is 0 Å². The number of fused-ring (bicyclic) bond motifs is 1. The van der Waals surface area contributed by atoms with Crippen LogP contribution in [0.2, 0.25) is 0 Å². The molecule has 0 radical (unpaired) electrons. The highest BCUT2D eigenvalue weighted by Gasteiger charge is 2.32. The molecule has 0 aliphatic carbocycles. The van der Waals surface area contributed by atoms with Gasteiger partial charge in [0, 0.05) is 24.0 Å². The van der Waals surface area contributed by atoms with E-state index in [1.54, 1.807) is 25.1 Å². The van der Waals surface area contributed by atoms with E-state index in [9.17, 15) is 23.1 Å². The summed E-state index contributed by atoms with van der Waals surface area (Å²) in [7, 11) is 0. The summed E-state index contributed by atoms with van der Waals surface area (Å²) in [4.78, 5) is 13.9. The first-order valence-corrected chi connectivity index (χ1v) is 8.37. The fraction of sp³-hybridized carbons (Fsp3) is 0.263. The van der Waals surface area contributed by atoms with Crippen LogP contribution in [-0.4, -0.2) is 45.3 Å². The monoisotopic (exact) mass is 375 g/mol. The van der Waals surface area contributed by atoms with Crippen molar-refractivity contribution >= 4 is 16.8 Å². The molecule has 2 heterocycles. The highest BCUT2D eigenvalue weighted by molar-refractivity contribution is 5.98. The summed E-state index contributed by atoms with van der Waals surface area (Å²) in [6, 6.07) is 7.05. The Bertz CT molecular complexity index is 1040. The molecule has 140 valence electrons. The molecule has 1 aromatic heterocycles. The number of nitrogens with zero attached hydrogens (tertiary/aromatic N) is 2. The number of carbonyl (C=O) groups excluding carboxylic acids is 1. The number of H-pyrrole nitrogens is 1. The number of aliphatic hydroxyl groups excluding tert-OH is 1. The number of hydrogen-bond acceptors (Lipinski definition) is 3. The molecule has 0 unspecified atom stereocenters. The van der Waals surface area contributed by atoms with Crippen molar-refractivity contribution in [1.29, 1.82) is 0 Å². The van der Waals surface area contributed by atoms with E-state index in [0.717, 1.165) is 12.1 Å². The average molecular weight is 375 g/mol. The number of amides is 1. The second-order valence-electron chi connectivity index (χ2n) is 6.75. The molecule has 1 aliphatic heterocycles. The standard InChI is InChI=1S/C19H16F3N3O2/c1-10-4-11(18(27)25-8-13(26)9-25)2-3-14(10)15-5-12(19(20,21)22)6-17-16(15)7-23-24-17/h2-7,13,26H,8-9H2,1H3,(H,23,24). The normalized spacial score (nSPS) is 15.2. The molecule has 0 bridgehead atoms. The predicted molar refractivity (Wildman–Crippen MR) is 93.2 cm³/mol. The first kappa shape index (κ1) is 17.5. The van der Waals surface area contributed by atoms with E-state index in [1.807, 2.05) is 0 Å². The lowest BCUT2D eigenvalue weighted by Gasteiger charge is -2.36. The van der Waals surface area contributed by atoms with Gasteiger partial charge in [0.2, 0.25) is 0 Å². The molecule has 4 rings (SSSR count). The van der Waals surface area contributed by atoms with Crippen LogP contribution in [0, 0.1) is 6.92 Å². The minimum atomic E-state index is -4.48. The molecule has 2 N–H and O–H groups in total. The first-order valence-electron chi connectivity index (χ1n) is 8.37. The molecule has 3 aromatic rings. The Morgan fingerprint density at radius 1 is 1.22 bits per heavy atom. The number of halogens is 3. The van der Waals surface area contributed by atoms with Gasteiger partial charge in [-0.1, -0.05) is 6.07 Å². The Hall–Kier alpha value is -2.87. The lowest BCUT2D eigenvalue weighted by molar-refractivity contribution is -0.137. The zero-order chi connectivity index (χ0) is 19.3. The summed E-state index contributed by atoms with van der Waals surface area (Å²) < 4.78 is 39.7. The summed E-state index contributed by atoms with van der Waals surface area (Å²) in [5.74, 6) is -0.201. The molecule has 1 aliphatic rings. The van der Waals surface area contributed by atoms with Crippen LogP contribution < -0.4 is 0 Å². The third kappa shape index (κ3) is 3.06. The van der Waals surface area contributed by atoms with Gasteiger partial charge in [0.05, 0.1) is 23.4 Å². The highest BCUT2D eigenvalue weighted by atomic mass is 19.4. The molecule has 0 atom stereocenters. The molecular formula is C19H16F3N3O2. The van der Waals surface area contributed by atoms with Crippen LogP contribution in [-0.2, 0) is 6.18 Å². The van der Waals surface area contributed by atoms with Gasteiger partial charge in [-0.2, -0.15) is 18.3 Å².